The second-order valence-electron chi connectivity index (χ2n) is 8.96. The van der Waals surface area contributed by atoms with Crippen molar-refractivity contribution in [1.29, 1.82) is 0 Å². The number of rotatable bonds is 5. The standard InChI is InChI=1S/C27H29N3O4S/c1-20-18-22-19-21(12-13-24(22)30(20)35(32,33)23-8-4-3-5-9-23)27(31)29-16-14-28(15-17-29)25-10-6-7-11-26(25)34-2/h3-13,19-20H,14-18H2,1-2H3/t20-/m1/s1. The number of amides is 1. The third-order valence-electron chi connectivity index (χ3n) is 6.77. The molecule has 2 heterocycles. The van der Waals surface area contributed by atoms with Crippen molar-refractivity contribution in [2.75, 3.05) is 42.5 Å². The molecule has 0 N–H and O–H groups in total. The lowest BCUT2D eigenvalue weighted by Gasteiger charge is -2.36. The summed E-state index contributed by atoms with van der Waals surface area (Å²) >= 11 is 0. The second-order valence-corrected chi connectivity index (χ2v) is 10.8. The van der Waals surface area contributed by atoms with E-state index in [1.54, 1.807) is 49.6 Å². The molecule has 0 bridgehead atoms. The number of carbonyl (C=O) groups is 1. The van der Waals surface area contributed by atoms with Crippen molar-refractivity contribution in [3.05, 3.63) is 83.9 Å². The fourth-order valence-electron chi connectivity index (χ4n) is 5.03. The van der Waals surface area contributed by atoms with Gasteiger partial charge in [0.15, 0.2) is 0 Å². The summed E-state index contributed by atoms with van der Waals surface area (Å²) in [6, 6.07) is 21.6. The Morgan fingerprint density at radius 1 is 0.886 bits per heavy atom. The van der Waals surface area contributed by atoms with Crippen LogP contribution in [0.2, 0.25) is 0 Å². The number of piperazine rings is 1. The largest absolute Gasteiger partial charge is 0.495 e. The maximum absolute atomic E-state index is 13.3. The molecule has 3 aromatic carbocycles. The number of benzene rings is 3. The number of fused-ring (bicyclic) bond motifs is 1. The van der Waals surface area contributed by atoms with E-state index in [2.05, 4.69) is 4.90 Å². The Balaban J connectivity index is 1.32. The summed E-state index contributed by atoms with van der Waals surface area (Å²) in [6.07, 6.45) is 0.574. The summed E-state index contributed by atoms with van der Waals surface area (Å²) < 4.78 is 33.6. The van der Waals surface area contributed by atoms with Gasteiger partial charge in [0.2, 0.25) is 0 Å². The quantitative estimate of drug-likeness (QED) is 0.543. The van der Waals surface area contributed by atoms with Gasteiger partial charge in [-0.25, -0.2) is 8.42 Å². The van der Waals surface area contributed by atoms with Gasteiger partial charge >= 0.3 is 0 Å². The Bertz CT molecular complexity index is 1340. The molecule has 0 radical (unpaired) electrons. The normalized spacial score (nSPS) is 17.9. The molecule has 2 aliphatic rings. The zero-order valence-electron chi connectivity index (χ0n) is 19.9. The van der Waals surface area contributed by atoms with Crippen molar-refractivity contribution >= 4 is 27.3 Å². The monoisotopic (exact) mass is 491 g/mol. The van der Waals surface area contributed by atoms with E-state index in [0.717, 1.165) is 30.1 Å². The summed E-state index contributed by atoms with van der Waals surface area (Å²) in [7, 11) is -2.00. The van der Waals surface area contributed by atoms with Crippen LogP contribution in [0.15, 0.2) is 77.7 Å². The molecule has 1 amide bonds. The summed E-state index contributed by atoms with van der Waals surface area (Å²) in [5, 5.41) is 0. The number of hydrogen-bond acceptors (Lipinski definition) is 5. The van der Waals surface area contributed by atoms with Gasteiger partial charge in [0.1, 0.15) is 5.75 Å². The molecule has 1 fully saturated rings. The molecule has 0 unspecified atom stereocenters. The van der Waals surface area contributed by atoms with E-state index in [9.17, 15) is 13.2 Å². The van der Waals surface area contributed by atoms with Crippen LogP contribution in [0.5, 0.6) is 5.75 Å². The molecule has 182 valence electrons. The predicted molar refractivity (Wildman–Crippen MR) is 137 cm³/mol. The third-order valence-corrected chi connectivity index (χ3v) is 8.71. The lowest BCUT2D eigenvalue weighted by molar-refractivity contribution is 0.0746. The van der Waals surface area contributed by atoms with Crippen LogP contribution in [-0.4, -0.2) is 58.6 Å². The number of carbonyl (C=O) groups excluding carboxylic acids is 1. The number of methoxy groups -OCH3 is 1. The maximum atomic E-state index is 13.3. The van der Waals surface area contributed by atoms with Crippen molar-refractivity contribution in [3.63, 3.8) is 0 Å². The average Bonchev–Trinajstić information content (AvgIpc) is 3.24. The molecule has 1 saturated heterocycles. The molecular weight excluding hydrogens is 462 g/mol. The van der Waals surface area contributed by atoms with Crippen molar-refractivity contribution in [1.82, 2.24) is 4.90 Å². The zero-order chi connectivity index (χ0) is 24.6. The van der Waals surface area contributed by atoms with Crippen molar-refractivity contribution in [3.8, 4) is 5.75 Å². The Morgan fingerprint density at radius 2 is 1.57 bits per heavy atom. The summed E-state index contributed by atoms with van der Waals surface area (Å²) in [6.45, 7) is 4.56. The van der Waals surface area contributed by atoms with Crippen molar-refractivity contribution in [2.24, 2.45) is 0 Å². The fourth-order valence-corrected chi connectivity index (χ4v) is 6.75. The average molecular weight is 492 g/mol. The smallest absolute Gasteiger partial charge is 0.264 e. The lowest BCUT2D eigenvalue weighted by atomic mass is 10.1. The molecular formula is C27H29N3O4S. The fraction of sp³-hybridized carbons (Fsp3) is 0.296. The minimum atomic E-state index is -3.67. The van der Waals surface area contributed by atoms with Gasteiger partial charge in [-0.1, -0.05) is 30.3 Å². The molecule has 8 heteroatoms. The van der Waals surface area contributed by atoms with E-state index in [1.807, 2.05) is 42.2 Å². The summed E-state index contributed by atoms with van der Waals surface area (Å²) in [5.41, 5.74) is 3.17. The highest BCUT2D eigenvalue weighted by molar-refractivity contribution is 7.92. The van der Waals surface area contributed by atoms with E-state index in [4.69, 9.17) is 4.74 Å². The first kappa shape index (κ1) is 23.2. The first-order valence-corrected chi connectivity index (χ1v) is 13.2. The van der Waals surface area contributed by atoms with Gasteiger partial charge in [0, 0.05) is 37.8 Å². The third kappa shape index (κ3) is 4.23. The Kier molecular flexibility index (Phi) is 6.15. The maximum Gasteiger partial charge on any atom is 0.264 e. The molecule has 1 atom stereocenters. The van der Waals surface area contributed by atoms with Crippen molar-refractivity contribution in [2.45, 2.75) is 24.3 Å². The summed E-state index contributed by atoms with van der Waals surface area (Å²) in [4.78, 5) is 17.7. The summed E-state index contributed by atoms with van der Waals surface area (Å²) in [5.74, 6) is 0.805. The molecule has 0 aliphatic carbocycles. The molecule has 2 aliphatic heterocycles. The number of hydrogen-bond donors (Lipinski definition) is 0. The first-order valence-electron chi connectivity index (χ1n) is 11.8. The van der Waals surface area contributed by atoms with Gasteiger partial charge in [-0.15, -0.1) is 0 Å². The second kappa shape index (κ2) is 9.26. The van der Waals surface area contributed by atoms with E-state index < -0.39 is 10.0 Å². The molecule has 0 saturated carbocycles. The molecule has 0 aromatic heterocycles. The van der Waals surface area contributed by atoms with Crippen LogP contribution in [0.4, 0.5) is 11.4 Å². The first-order chi connectivity index (χ1) is 16.9. The Morgan fingerprint density at radius 3 is 2.29 bits per heavy atom. The molecule has 0 spiro atoms. The Hall–Kier alpha value is -3.52. The number of sulfonamides is 1. The minimum absolute atomic E-state index is 0.0236. The van der Waals surface area contributed by atoms with Crippen LogP contribution in [0, 0.1) is 0 Å². The predicted octanol–water partition coefficient (Wildman–Crippen LogP) is 3.80. The number of anilines is 2. The molecule has 3 aromatic rings. The van der Waals surface area contributed by atoms with Crippen LogP contribution >= 0.6 is 0 Å². The zero-order valence-corrected chi connectivity index (χ0v) is 20.7. The molecule has 7 nitrogen and oxygen atoms in total. The highest BCUT2D eigenvalue weighted by Crippen LogP contribution is 2.37. The topological polar surface area (TPSA) is 70.2 Å². The van der Waals surface area contributed by atoms with Gasteiger partial charge in [0.05, 0.1) is 23.4 Å². The number of para-hydroxylation sites is 2. The van der Waals surface area contributed by atoms with E-state index >= 15 is 0 Å². The van der Waals surface area contributed by atoms with Gasteiger partial charge in [-0.05, 0) is 61.4 Å². The Labute approximate surface area is 206 Å². The van der Waals surface area contributed by atoms with Gasteiger partial charge < -0.3 is 14.5 Å². The minimum Gasteiger partial charge on any atom is -0.495 e. The lowest BCUT2D eigenvalue weighted by Crippen LogP contribution is -2.48. The van der Waals surface area contributed by atoms with Gasteiger partial charge in [-0.3, -0.25) is 9.10 Å². The van der Waals surface area contributed by atoms with Crippen LogP contribution in [0.3, 0.4) is 0 Å². The highest BCUT2D eigenvalue weighted by Gasteiger charge is 2.36. The van der Waals surface area contributed by atoms with Gasteiger partial charge in [0.25, 0.3) is 15.9 Å². The van der Waals surface area contributed by atoms with Crippen LogP contribution in [0.1, 0.15) is 22.8 Å². The SMILES string of the molecule is COc1ccccc1N1CCN(C(=O)c2ccc3c(c2)C[C@@H](C)N3S(=O)(=O)c2ccccc2)CC1. The van der Waals surface area contributed by atoms with Crippen LogP contribution in [-0.2, 0) is 16.4 Å². The number of nitrogens with zero attached hydrogens (tertiary/aromatic N) is 3. The van der Waals surface area contributed by atoms with E-state index in [1.165, 1.54) is 4.31 Å². The van der Waals surface area contributed by atoms with E-state index in [0.29, 0.717) is 30.8 Å². The van der Waals surface area contributed by atoms with Crippen LogP contribution < -0.4 is 13.9 Å². The van der Waals surface area contributed by atoms with Gasteiger partial charge in [-0.2, -0.15) is 0 Å². The molecule has 35 heavy (non-hydrogen) atoms. The number of ether oxygens (including phenoxy) is 1. The van der Waals surface area contributed by atoms with Crippen molar-refractivity contribution < 1.29 is 17.9 Å². The van der Waals surface area contributed by atoms with E-state index in [-0.39, 0.29) is 16.8 Å². The highest BCUT2D eigenvalue weighted by atomic mass is 32.2. The van der Waals surface area contributed by atoms with Crippen LogP contribution in [0.25, 0.3) is 0 Å². The molecule has 5 rings (SSSR count).